The van der Waals surface area contributed by atoms with E-state index in [-0.39, 0.29) is 16.2 Å². The second-order valence-electron chi connectivity index (χ2n) is 4.62. The van der Waals surface area contributed by atoms with Crippen LogP contribution in [0.5, 0.6) is 11.5 Å². The molecule has 0 radical (unpaired) electrons. The van der Waals surface area contributed by atoms with Crippen LogP contribution in [-0.4, -0.2) is 37.3 Å². The van der Waals surface area contributed by atoms with Crippen LogP contribution in [0.15, 0.2) is 52.5 Å². The van der Waals surface area contributed by atoms with Gasteiger partial charge in [0.2, 0.25) is 0 Å². The van der Waals surface area contributed by atoms with E-state index >= 15 is 0 Å². The monoisotopic (exact) mass is 350 g/mol. The molecule has 0 fully saturated rings. The van der Waals surface area contributed by atoms with Crippen molar-refractivity contribution in [2.24, 2.45) is 5.10 Å². The second-order valence-corrected chi connectivity index (χ2v) is 6.04. The minimum atomic E-state index is -4.31. The molecule has 0 aromatic heterocycles. The highest BCUT2D eigenvalue weighted by atomic mass is 32.2. The van der Waals surface area contributed by atoms with Gasteiger partial charge in [-0.1, -0.05) is 0 Å². The number of phenolic OH excluding ortho intramolecular Hbond substituents is 1. The third-order valence-electron chi connectivity index (χ3n) is 3.02. The molecule has 0 aliphatic carbocycles. The van der Waals surface area contributed by atoms with E-state index in [1.165, 1.54) is 31.5 Å². The number of carbonyl (C=O) groups is 1. The Morgan fingerprint density at radius 1 is 1.21 bits per heavy atom. The first-order valence-electron chi connectivity index (χ1n) is 6.59. The minimum Gasteiger partial charge on any atom is -0.507 e. The van der Waals surface area contributed by atoms with Gasteiger partial charge in [-0.25, -0.2) is 5.43 Å². The number of hydrazone groups is 1. The van der Waals surface area contributed by atoms with Gasteiger partial charge in [0.15, 0.2) is 0 Å². The normalized spacial score (nSPS) is 11.4. The van der Waals surface area contributed by atoms with Crippen LogP contribution in [0.1, 0.15) is 15.9 Å². The van der Waals surface area contributed by atoms with Gasteiger partial charge in [0, 0.05) is 17.2 Å². The zero-order valence-electron chi connectivity index (χ0n) is 12.5. The Morgan fingerprint density at radius 2 is 1.88 bits per heavy atom. The van der Waals surface area contributed by atoms with E-state index in [1.54, 1.807) is 12.1 Å². The van der Waals surface area contributed by atoms with Gasteiger partial charge in [0.25, 0.3) is 16.0 Å². The van der Waals surface area contributed by atoms with Gasteiger partial charge in [-0.2, -0.15) is 13.5 Å². The quantitative estimate of drug-likeness (QED) is 0.425. The molecule has 0 saturated carbocycles. The van der Waals surface area contributed by atoms with Crippen molar-refractivity contribution in [1.82, 2.24) is 5.43 Å². The van der Waals surface area contributed by atoms with E-state index in [2.05, 4.69) is 10.5 Å². The maximum absolute atomic E-state index is 11.9. The zero-order valence-corrected chi connectivity index (χ0v) is 13.3. The molecule has 9 heteroatoms. The molecule has 0 aliphatic rings. The molecule has 0 aliphatic heterocycles. The van der Waals surface area contributed by atoms with E-state index < -0.39 is 16.0 Å². The van der Waals surface area contributed by atoms with Crippen molar-refractivity contribution in [3.8, 4) is 11.5 Å². The molecule has 8 nitrogen and oxygen atoms in total. The van der Waals surface area contributed by atoms with Crippen LogP contribution in [0.2, 0.25) is 0 Å². The van der Waals surface area contributed by atoms with Crippen molar-refractivity contribution in [1.29, 1.82) is 0 Å². The van der Waals surface area contributed by atoms with Gasteiger partial charge in [-0.15, -0.1) is 0 Å². The van der Waals surface area contributed by atoms with Gasteiger partial charge in [0.05, 0.1) is 18.2 Å². The van der Waals surface area contributed by atoms with Crippen LogP contribution in [0.4, 0.5) is 0 Å². The molecule has 0 bridgehead atoms. The van der Waals surface area contributed by atoms with Gasteiger partial charge >= 0.3 is 0 Å². The summed E-state index contributed by atoms with van der Waals surface area (Å²) in [5.41, 5.74) is 2.76. The minimum absolute atomic E-state index is 0.0649. The smallest absolute Gasteiger partial charge is 0.294 e. The van der Waals surface area contributed by atoms with Crippen molar-refractivity contribution >= 4 is 22.2 Å². The summed E-state index contributed by atoms with van der Waals surface area (Å²) in [7, 11) is -2.84. The Hall–Kier alpha value is -2.91. The molecule has 0 heterocycles. The van der Waals surface area contributed by atoms with E-state index in [0.717, 1.165) is 12.1 Å². The number of aromatic hydroxyl groups is 1. The predicted octanol–water partition coefficient (Wildman–Crippen LogP) is 1.41. The summed E-state index contributed by atoms with van der Waals surface area (Å²) in [6.45, 7) is 0. The highest BCUT2D eigenvalue weighted by molar-refractivity contribution is 7.85. The highest BCUT2D eigenvalue weighted by Crippen LogP contribution is 2.21. The molecule has 2 rings (SSSR count). The molecular weight excluding hydrogens is 336 g/mol. The second kappa shape index (κ2) is 7.11. The Kier molecular flexibility index (Phi) is 5.17. The Bertz CT molecular complexity index is 875. The maximum Gasteiger partial charge on any atom is 0.294 e. The van der Waals surface area contributed by atoms with Crippen LogP contribution in [0, 0.1) is 0 Å². The largest absolute Gasteiger partial charge is 0.507 e. The SMILES string of the molecule is COc1ccc(/C=N/NC(=O)c2ccc(S(=O)(=O)O)cc2)c(O)c1. The van der Waals surface area contributed by atoms with E-state index in [9.17, 15) is 18.3 Å². The summed E-state index contributed by atoms with van der Waals surface area (Å²) < 4.78 is 35.7. The lowest BCUT2D eigenvalue weighted by atomic mass is 10.2. The summed E-state index contributed by atoms with van der Waals surface area (Å²) in [5, 5.41) is 13.5. The maximum atomic E-state index is 11.9. The fourth-order valence-corrected chi connectivity index (χ4v) is 2.24. The average Bonchev–Trinajstić information content (AvgIpc) is 2.55. The number of ether oxygens (including phenoxy) is 1. The lowest BCUT2D eigenvalue weighted by molar-refractivity contribution is 0.0955. The van der Waals surface area contributed by atoms with Crippen LogP contribution < -0.4 is 10.2 Å². The van der Waals surface area contributed by atoms with Crippen molar-refractivity contribution < 1.29 is 27.6 Å². The van der Waals surface area contributed by atoms with Crippen molar-refractivity contribution in [2.75, 3.05) is 7.11 Å². The lowest BCUT2D eigenvalue weighted by Crippen LogP contribution is -2.17. The Balaban J connectivity index is 2.05. The fourth-order valence-electron chi connectivity index (χ4n) is 1.76. The summed E-state index contributed by atoms with van der Waals surface area (Å²) in [5.74, 6) is -0.168. The summed E-state index contributed by atoms with van der Waals surface area (Å²) >= 11 is 0. The molecule has 1 amide bonds. The summed E-state index contributed by atoms with van der Waals surface area (Å²) in [6.07, 6.45) is 1.25. The first-order valence-corrected chi connectivity index (χ1v) is 8.03. The predicted molar refractivity (Wildman–Crippen MR) is 86.0 cm³/mol. The third-order valence-corrected chi connectivity index (χ3v) is 3.89. The lowest BCUT2D eigenvalue weighted by Gasteiger charge is -2.03. The zero-order chi connectivity index (χ0) is 17.7. The van der Waals surface area contributed by atoms with Crippen LogP contribution in [0.3, 0.4) is 0 Å². The number of carbonyl (C=O) groups excluding carboxylic acids is 1. The van der Waals surface area contributed by atoms with Crippen LogP contribution in [-0.2, 0) is 10.1 Å². The Labute approximate surface area is 138 Å². The fraction of sp³-hybridized carbons (Fsp3) is 0.0667. The molecule has 0 spiro atoms. The number of phenols is 1. The molecule has 126 valence electrons. The Morgan fingerprint density at radius 3 is 2.42 bits per heavy atom. The number of hydrogen-bond donors (Lipinski definition) is 3. The number of amides is 1. The van der Waals surface area contributed by atoms with Crippen LogP contribution in [0.25, 0.3) is 0 Å². The van der Waals surface area contributed by atoms with Crippen LogP contribution >= 0.6 is 0 Å². The average molecular weight is 350 g/mol. The highest BCUT2D eigenvalue weighted by Gasteiger charge is 2.11. The summed E-state index contributed by atoms with van der Waals surface area (Å²) in [6, 6.07) is 9.25. The number of rotatable bonds is 5. The molecule has 0 saturated heterocycles. The number of nitrogens with one attached hydrogen (secondary N) is 1. The first kappa shape index (κ1) is 17.4. The van der Waals surface area contributed by atoms with E-state index in [4.69, 9.17) is 9.29 Å². The molecule has 0 atom stereocenters. The number of hydrogen-bond acceptors (Lipinski definition) is 6. The number of methoxy groups -OCH3 is 1. The van der Waals surface area contributed by atoms with Gasteiger partial charge in [-0.05, 0) is 36.4 Å². The van der Waals surface area contributed by atoms with E-state index in [1.807, 2.05) is 0 Å². The van der Waals surface area contributed by atoms with Gasteiger partial charge in [0.1, 0.15) is 11.5 Å². The molecule has 3 N–H and O–H groups in total. The standard InChI is InChI=1S/C15H14N2O6S/c1-23-12-5-2-11(14(18)8-12)9-16-17-15(19)10-3-6-13(7-4-10)24(20,21)22/h2-9,18H,1H3,(H,17,19)(H,20,21,22)/b16-9+. The molecule has 0 unspecified atom stereocenters. The molecular formula is C15H14N2O6S. The van der Waals surface area contributed by atoms with E-state index in [0.29, 0.717) is 11.3 Å². The molecule has 24 heavy (non-hydrogen) atoms. The van der Waals surface area contributed by atoms with Crippen molar-refractivity contribution in [2.45, 2.75) is 4.90 Å². The van der Waals surface area contributed by atoms with Gasteiger partial charge < -0.3 is 9.84 Å². The van der Waals surface area contributed by atoms with Gasteiger partial charge in [-0.3, -0.25) is 9.35 Å². The van der Waals surface area contributed by atoms with Crippen molar-refractivity contribution in [3.05, 3.63) is 53.6 Å². The number of benzene rings is 2. The summed E-state index contributed by atoms with van der Waals surface area (Å²) in [4.78, 5) is 11.5. The third kappa shape index (κ3) is 4.31. The molecule has 2 aromatic carbocycles. The first-order chi connectivity index (χ1) is 11.3. The van der Waals surface area contributed by atoms with Crippen molar-refractivity contribution in [3.63, 3.8) is 0 Å². The molecule has 2 aromatic rings. The topological polar surface area (TPSA) is 125 Å². The number of nitrogens with zero attached hydrogens (tertiary/aromatic N) is 1.